The van der Waals surface area contributed by atoms with E-state index in [2.05, 4.69) is 35.2 Å². The highest BCUT2D eigenvalue weighted by Gasteiger charge is 2.28. The van der Waals surface area contributed by atoms with Crippen molar-refractivity contribution >= 4 is 11.6 Å². The number of oxazole rings is 1. The van der Waals surface area contributed by atoms with Gasteiger partial charge in [-0.1, -0.05) is 6.07 Å². The molecule has 0 bridgehead atoms. The molecular weight excluding hydrogens is 264 g/mol. The maximum atomic E-state index is 5.91. The van der Waals surface area contributed by atoms with Crippen molar-refractivity contribution in [3.8, 4) is 0 Å². The van der Waals surface area contributed by atoms with Gasteiger partial charge in [-0.05, 0) is 49.9 Å². The minimum Gasteiger partial charge on any atom is -0.443 e. The molecule has 0 spiro atoms. The highest BCUT2D eigenvalue weighted by molar-refractivity contribution is 5.92. The van der Waals surface area contributed by atoms with Crippen LogP contribution in [-0.2, 0) is 6.54 Å². The summed E-state index contributed by atoms with van der Waals surface area (Å²) in [7, 11) is 0. The minimum absolute atomic E-state index is 0.379. The fourth-order valence-electron chi connectivity index (χ4n) is 2.31. The van der Waals surface area contributed by atoms with E-state index in [0.29, 0.717) is 18.4 Å². The van der Waals surface area contributed by atoms with Crippen LogP contribution in [-0.4, -0.2) is 10.9 Å². The summed E-state index contributed by atoms with van der Waals surface area (Å²) in [4.78, 5) is 8.56. The molecule has 0 unspecified atom stereocenters. The summed E-state index contributed by atoms with van der Waals surface area (Å²) in [6.45, 7) is 4.52. The molecule has 1 saturated carbocycles. The van der Waals surface area contributed by atoms with Crippen LogP contribution >= 0.6 is 0 Å². The van der Waals surface area contributed by atoms with E-state index < -0.39 is 0 Å². The monoisotopic (exact) mass is 284 g/mol. The summed E-state index contributed by atoms with van der Waals surface area (Å²) in [5.74, 6) is 2.49. The van der Waals surface area contributed by atoms with Crippen LogP contribution in [0.15, 0.2) is 33.8 Å². The molecule has 3 N–H and O–H groups in total. The molecule has 3 rings (SSSR count). The van der Waals surface area contributed by atoms with Gasteiger partial charge in [0.25, 0.3) is 0 Å². The molecule has 1 heterocycles. The van der Waals surface area contributed by atoms with Gasteiger partial charge in [0.1, 0.15) is 12.3 Å². The molecular formula is C16H20N4O. The molecule has 0 radical (unpaired) electrons. The van der Waals surface area contributed by atoms with Gasteiger partial charge in [-0.25, -0.2) is 9.98 Å². The number of aryl methyl sites for hydroxylation is 2. The standard InChI is InChI=1S/C16H20N4O/c1-10-5-11(2)7-13(6-10)20-16(17)19-9-14-8-18-15(21-14)12-3-4-12/h5-8,12H,3-4,9H2,1-2H3,(H3,17,19,20). The molecule has 1 aromatic heterocycles. The Kier molecular flexibility index (Phi) is 3.64. The maximum Gasteiger partial charge on any atom is 0.197 e. The molecule has 0 saturated heterocycles. The summed E-state index contributed by atoms with van der Waals surface area (Å²) < 4.78 is 5.64. The van der Waals surface area contributed by atoms with Crippen molar-refractivity contribution in [2.24, 2.45) is 10.7 Å². The molecule has 110 valence electrons. The molecule has 1 aliphatic rings. The van der Waals surface area contributed by atoms with Gasteiger partial charge in [0.2, 0.25) is 0 Å². The zero-order chi connectivity index (χ0) is 14.8. The summed E-state index contributed by atoms with van der Waals surface area (Å²) in [5, 5.41) is 3.10. The molecule has 5 heteroatoms. The topological polar surface area (TPSA) is 76.4 Å². The summed E-state index contributed by atoms with van der Waals surface area (Å²) in [6.07, 6.45) is 4.10. The van der Waals surface area contributed by atoms with Crippen molar-refractivity contribution in [3.63, 3.8) is 0 Å². The summed E-state index contributed by atoms with van der Waals surface area (Å²) >= 11 is 0. The Morgan fingerprint density at radius 2 is 2.05 bits per heavy atom. The SMILES string of the molecule is Cc1cc(C)cc(NC(N)=NCc2cnc(C3CC3)o2)c1. The zero-order valence-corrected chi connectivity index (χ0v) is 12.4. The molecule has 0 aliphatic heterocycles. The number of aromatic nitrogens is 1. The first-order valence-electron chi connectivity index (χ1n) is 7.20. The average molecular weight is 284 g/mol. The van der Waals surface area contributed by atoms with Gasteiger partial charge >= 0.3 is 0 Å². The second kappa shape index (κ2) is 5.60. The second-order valence-electron chi connectivity index (χ2n) is 5.64. The van der Waals surface area contributed by atoms with Crippen LogP contribution in [0.4, 0.5) is 5.69 Å². The number of aliphatic imine (C=N–C) groups is 1. The third-order valence-corrected chi connectivity index (χ3v) is 3.40. The fourth-order valence-corrected chi connectivity index (χ4v) is 2.31. The van der Waals surface area contributed by atoms with Gasteiger partial charge in [0.05, 0.1) is 6.20 Å². The van der Waals surface area contributed by atoms with Crippen LogP contribution in [0.5, 0.6) is 0 Å². The number of hydrogen-bond acceptors (Lipinski definition) is 3. The first kappa shape index (κ1) is 13.7. The number of nitrogens with two attached hydrogens (primary N) is 1. The van der Waals surface area contributed by atoms with Crippen LogP contribution in [0.25, 0.3) is 0 Å². The molecule has 2 aromatic rings. The van der Waals surface area contributed by atoms with Gasteiger partial charge in [0.15, 0.2) is 11.9 Å². The fraction of sp³-hybridized carbons (Fsp3) is 0.375. The molecule has 1 aliphatic carbocycles. The van der Waals surface area contributed by atoms with E-state index in [1.165, 1.54) is 24.0 Å². The van der Waals surface area contributed by atoms with E-state index in [-0.39, 0.29) is 0 Å². The minimum atomic E-state index is 0.379. The average Bonchev–Trinajstić information content (AvgIpc) is 3.14. The number of benzene rings is 1. The number of nitrogens with zero attached hydrogens (tertiary/aromatic N) is 2. The number of hydrogen-bond donors (Lipinski definition) is 2. The summed E-state index contributed by atoms with van der Waals surface area (Å²) in [6, 6.07) is 6.19. The largest absolute Gasteiger partial charge is 0.443 e. The van der Waals surface area contributed by atoms with Crippen molar-refractivity contribution in [3.05, 3.63) is 47.2 Å². The van der Waals surface area contributed by atoms with Crippen molar-refractivity contribution in [1.29, 1.82) is 0 Å². The van der Waals surface area contributed by atoms with Crippen molar-refractivity contribution in [2.45, 2.75) is 39.2 Å². The van der Waals surface area contributed by atoms with Crippen molar-refractivity contribution < 1.29 is 4.42 Å². The highest BCUT2D eigenvalue weighted by Crippen LogP contribution is 2.39. The Morgan fingerprint density at radius 3 is 2.71 bits per heavy atom. The Bertz CT molecular complexity index is 650. The smallest absolute Gasteiger partial charge is 0.197 e. The van der Waals surface area contributed by atoms with E-state index in [4.69, 9.17) is 10.2 Å². The van der Waals surface area contributed by atoms with Gasteiger partial charge < -0.3 is 15.5 Å². The number of nitrogens with one attached hydrogen (secondary N) is 1. The van der Waals surface area contributed by atoms with E-state index in [1.807, 2.05) is 12.1 Å². The van der Waals surface area contributed by atoms with Crippen molar-refractivity contribution in [1.82, 2.24) is 4.98 Å². The maximum absolute atomic E-state index is 5.91. The normalized spacial score (nSPS) is 15.2. The Balaban J connectivity index is 1.62. The quantitative estimate of drug-likeness (QED) is 0.668. The molecule has 1 fully saturated rings. The molecule has 21 heavy (non-hydrogen) atoms. The Labute approximate surface area is 124 Å². The second-order valence-corrected chi connectivity index (χ2v) is 5.64. The summed E-state index contributed by atoms with van der Waals surface area (Å²) in [5.41, 5.74) is 9.24. The third kappa shape index (κ3) is 3.62. The van der Waals surface area contributed by atoms with Crippen LogP contribution in [0.3, 0.4) is 0 Å². The van der Waals surface area contributed by atoms with Gasteiger partial charge in [-0.15, -0.1) is 0 Å². The lowest BCUT2D eigenvalue weighted by Crippen LogP contribution is -2.22. The lowest BCUT2D eigenvalue weighted by atomic mass is 10.1. The Morgan fingerprint density at radius 1 is 1.33 bits per heavy atom. The van der Waals surface area contributed by atoms with Gasteiger partial charge in [-0.2, -0.15) is 0 Å². The van der Waals surface area contributed by atoms with Crippen LogP contribution < -0.4 is 11.1 Å². The van der Waals surface area contributed by atoms with Crippen LogP contribution in [0.2, 0.25) is 0 Å². The number of guanidine groups is 1. The zero-order valence-electron chi connectivity index (χ0n) is 12.4. The van der Waals surface area contributed by atoms with E-state index in [9.17, 15) is 0 Å². The first-order chi connectivity index (χ1) is 10.1. The number of anilines is 1. The van der Waals surface area contributed by atoms with E-state index in [0.717, 1.165) is 17.3 Å². The Hall–Kier alpha value is -2.30. The lowest BCUT2D eigenvalue weighted by molar-refractivity contribution is 0.458. The van der Waals surface area contributed by atoms with E-state index >= 15 is 0 Å². The third-order valence-electron chi connectivity index (χ3n) is 3.40. The predicted octanol–water partition coefficient (Wildman–Crippen LogP) is 3.10. The van der Waals surface area contributed by atoms with E-state index in [1.54, 1.807) is 6.20 Å². The molecule has 0 amide bonds. The van der Waals surface area contributed by atoms with Gasteiger partial charge in [-0.3, -0.25) is 0 Å². The van der Waals surface area contributed by atoms with Gasteiger partial charge in [0, 0.05) is 11.6 Å². The molecule has 5 nitrogen and oxygen atoms in total. The van der Waals surface area contributed by atoms with Crippen LogP contribution in [0.1, 0.15) is 41.5 Å². The lowest BCUT2D eigenvalue weighted by Gasteiger charge is -2.07. The predicted molar refractivity (Wildman–Crippen MR) is 83.3 cm³/mol. The van der Waals surface area contributed by atoms with Crippen molar-refractivity contribution in [2.75, 3.05) is 5.32 Å². The first-order valence-corrected chi connectivity index (χ1v) is 7.20. The van der Waals surface area contributed by atoms with Crippen LogP contribution in [0, 0.1) is 13.8 Å². The highest BCUT2D eigenvalue weighted by atomic mass is 16.4. The molecule has 0 atom stereocenters. The molecule has 1 aromatic carbocycles. The number of rotatable bonds is 4.